The van der Waals surface area contributed by atoms with E-state index in [2.05, 4.69) is 27.4 Å². The van der Waals surface area contributed by atoms with E-state index in [1.165, 1.54) is 17.7 Å². The minimum absolute atomic E-state index is 0.131. The topological polar surface area (TPSA) is 85.3 Å². The molecule has 0 atom stereocenters. The largest absolute Gasteiger partial charge is 0.382 e. The zero-order valence-electron chi connectivity index (χ0n) is 15.7. The van der Waals surface area contributed by atoms with Crippen molar-refractivity contribution in [2.45, 2.75) is 19.3 Å². The summed E-state index contributed by atoms with van der Waals surface area (Å²) >= 11 is 0. The van der Waals surface area contributed by atoms with Crippen LogP contribution >= 0.6 is 0 Å². The van der Waals surface area contributed by atoms with Gasteiger partial charge >= 0.3 is 0 Å². The minimum atomic E-state index is -0.331. The highest BCUT2D eigenvalue weighted by Crippen LogP contribution is 2.21. The first-order valence-electron chi connectivity index (χ1n) is 9.29. The summed E-state index contributed by atoms with van der Waals surface area (Å²) < 4.78 is 14.8. The molecule has 6 nitrogen and oxygen atoms in total. The maximum absolute atomic E-state index is 13.1. The Kier molecular flexibility index (Phi) is 5.20. The summed E-state index contributed by atoms with van der Waals surface area (Å²) in [4.78, 5) is 21.3. The number of anilines is 2. The molecule has 7 heteroatoms. The van der Waals surface area contributed by atoms with Crippen LogP contribution in [0.25, 0.3) is 5.65 Å². The molecule has 2 heterocycles. The average Bonchev–Trinajstić information content (AvgIpc) is 3.05. The van der Waals surface area contributed by atoms with Gasteiger partial charge < -0.3 is 11.1 Å². The van der Waals surface area contributed by atoms with Crippen molar-refractivity contribution in [1.82, 2.24) is 14.4 Å². The van der Waals surface area contributed by atoms with E-state index < -0.39 is 0 Å². The molecule has 0 unspecified atom stereocenters. The molecule has 0 bridgehead atoms. The molecule has 3 N–H and O–H groups in total. The summed E-state index contributed by atoms with van der Waals surface area (Å²) in [5.74, 6) is 0.368. The van der Waals surface area contributed by atoms with Gasteiger partial charge in [-0.15, -0.1) is 0 Å². The van der Waals surface area contributed by atoms with Crippen molar-refractivity contribution in [3.05, 3.63) is 89.6 Å². The van der Waals surface area contributed by atoms with Gasteiger partial charge in [0.25, 0.3) is 0 Å². The fraction of sp³-hybridized carbons (Fsp3) is 0.136. The van der Waals surface area contributed by atoms with Gasteiger partial charge in [0.2, 0.25) is 5.91 Å². The predicted molar refractivity (Wildman–Crippen MR) is 110 cm³/mol. The number of carbonyl (C=O) groups is 1. The molecule has 4 rings (SSSR count). The number of hydrogen-bond acceptors (Lipinski definition) is 4. The van der Waals surface area contributed by atoms with Crippen molar-refractivity contribution in [2.24, 2.45) is 0 Å². The number of rotatable bonds is 6. The summed E-state index contributed by atoms with van der Waals surface area (Å²) in [5.41, 5.74) is 9.11. The van der Waals surface area contributed by atoms with Crippen LogP contribution in [0, 0.1) is 5.82 Å². The Balaban J connectivity index is 1.59. The van der Waals surface area contributed by atoms with Gasteiger partial charge in [0.1, 0.15) is 17.5 Å². The van der Waals surface area contributed by atoms with Gasteiger partial charge in [-0.1, -0.05) is 42.5 Å². The van der Waals surface area contributed by atoms with Crippen molar-refractivity contribution in [2.75, 3.05) is 11.1 Å². The first kappa shape index (κ1) is 18.6. The average molecular weight is 389 g/mol. The molecular formula is C22H20FN5O. The molecule has 0 aliphatic heterocycles. The fourth-order valence-electron chi connectivity index (χ4n) is 3.20. The second-order valence-corrected chi connectivity index (χ2v) is 6.78. The highest BCUT2D eigenvalue weighted by atomic mass is 19.1. The van der Waals surface area contributed by atoms with Crippen LogP contribution in [-0.2, 0) is 24.1 Å². The summed E-state index contributed by atoms with van der Waals surface area (Å²) in [6.07, 6.45) is 4.79. The number of fused-ring (bicyclic) bond motifs is 1. The lowest BCUT2D eigenvalue weighted by molar-refractivity contribution is -0.115. The summed E-state index contributed by atoms with van der Waals surface area (Å²) in [5, 5.41) is 2.94. The number of nitrogens with two attached hydrogens (primary N) is 1. The Morgan fingerprint density at radius 1 is 1.03 bits per heavy atom. The molecule has 146 valence electrons. The molecule has 0 fully saturated rings. The van der Waals surface area contributed by atoms with Gasteiger partial charge in [-0.3, -0.25) is 9.20 Å². The Morgan fingerprint density at radius 2 is 1.79 bits per heavy atom. The standard InChI is InChI=1S/C22H20FN5O/c23-17-9-6-16(7-10-17)12-21(29)27-22-18(11-8-15-4-2-1-3-5-15)26-20-13-25-19(24)14-28(20)22/h1-7,9-10,13-14H,8,11-12,24H2,(H,27,29). The zero-order chi connectivity index (χ0) is 20.2. The van der Waals surface area contributed by atoms with E-state index in [1.807, 2.05) is 18.2 Å². The molecule has 0 aliphatic rings. The van der Waals surface area contributed by atoms with E-state index in [9.17, 15) is 9.18 Å². The number of aryl methyl sites for hydroxylation is 2. The smallest absolute Gasteiger partial charge is 0.229 e. The van der Waals surface area contributed by atoms with Crippen molar-refractivity contribution in [3.63, 3.8) is 0 Å². The van der Waals surface area contributed by atoms with E-state index in [4.69, 9.17) is 5.73 Å². The van der Waals surface area contributed by atoms with Gasteiger partial charge in [-0.05, 0) is 36.1 Å². The van der Waals surface area contributed by atoms with Crippen LogP contribution in [0.2, 0.25) is 0 Å². The third kappa shape index (κ3) is 4.40. The molecular weight excluding hydrogens is 369 g/mol. The number of carbonyl (C=O) groups excluding carboxylic acids is 1. The normalized spacial score (nSPS) is 10.9. The first-order valence-corrected chi connectivity index (χ1v) is 9.29. The third-order valence-corrected chi connectivity index (χ3v) is 4.63. The molecule has 0 radical (unpaired) electrons. The number of nitrogens with zero attached hydrogens (tertiary/aromatic N) is 3. The lowest BCUT2D eigenvalue weighted by Crippen LogP contribution is -2.17. The van der Waals surface area contributed by atoms with Gasteiger partial charge in [0.05, 0.1) is 24.5 Å². The maximum atomic E-state index is 13.1. The van der Waals surface area contributed by atoms with Crippen LogP contribution in [0.1, 0.15) is 16.8 Å². The summed E-state index contributed by atoms with van der Waals surface area (Å²) in [6.45, 7) is 0. The van der Waals surface area contributed by atoms with Crippen molar-refractivity contribution in [3.8, 4) is 0 Å². The lowest BCUT2D eigenvalue weighted by Gasteiger charge is -2.08. The fourth-order valence-corrected chi connectivity index (χ4v) is 3.20. The third-order valence-electron chi connectivity index (χ3n) is 4.63. The zero-order valence-corrected chi connectivity index (χ0v) is 15.7. The maximum Gasteiger partial charge on any atom is 0.229 e. The molecule has 2 aromatic carbocycles. The Morgan fingerprint density at radius 3 is 2.55 bits per heavy atom. The van der Waals surface area contributed by atoms with Crippen molar-refractivity contribution < 1.29 is 9.18 Å². The summed E-state index contributed by atoms with van der Waals surface area (Å²) in [7, 11) is 0. The number of halogens is 1. The van der Waals surface area contributed by atoms with Crippen LogP contribution in [-0.4, -0.2) is 20.3 Å². The molecule has 0 aliphatic carbocycles. The first-order chi connectivity index (χ1) is 14.1. The lowest BCUT2D eigenvalue weighted by atomic mass is 10.1. The van der Waals surface area contributed by atoms with E-state index in [1.54, 1.807) is 28.9 Å². The Labute approximate surface area is 167 Å². The molecule has 29 heavy (non-hydrogen) atoms. The number of nitrogens with one attached hydrogen (secondary N) is 1. The molecule has 0 saturated heterocycles. The van der Waals surface area contributed by atoms with Crippen molar-refractivity contribution >= 4 is 23.2 Å². The summed E-state index contributed by atoms with van der Waals surface area (Å²) in [6, 6.07) is 16.0. The number of amides is 1. The molecule has 0 spiro atoms. The van der Waals surface area contributed by atoms with E-state index in [-0.39, 0.29) is 18.1 Å². The van der Waals surface area contributed by atoms with Crippen LogP contribution in [0.5, 0.6) is 0 Å². The molecule has 0 saturated carbocycles. The van der Waals surface area contributed by atoms with Crippen LogP contribution in [0.3, 0.4) is 0 Å². The van der Waals surface area contributed by atoms with Crippen molar-refractivity contribution in [1.29, 1.82) is 0 Å². The Bertz CT molecular complexity index is 1140. The minimum Gasteiger partial charge on any atom is -0.382 e. The van der Waals surface area contributed by atoms with Gasteiger partial charge in [-0.25, -0.2) is 14.4 Å². The monoisotopic (exact) mass is 389 g/mol. The molecule has 4 aromatic rings. The van der Waals surface area contributed by atoms with Gasteiger partial charge in [0, 0.05) is 0 Å². The number of nitrogen functional groups attached to an aromatic ring is 1. The van der Waals surface area contributed by atoms with Gasteiger partial charge in [0.15, 0.2) is 5.65 Å². The van der Waals surface area contributed by atoms with E-state index >= 15 is 0 Å². The molecule has 2 aromatic heterocycles. The van der Waals surface area contributed by atoms with Crippen LogP contribution in [0.4, 0.5) is 16.0 Å². The number of benzene rings is 2. The van der Waals surface area contributed by atoms with Crippen LogP contribution in [0.15, 0.2) is 67.0 Å². The molecule has 1 amide bonds. The van der Waals surface area contributed by atoms with Gasteiger partial charge in [-0.2, -0.15) is 0 Å². The number of hydrogen-bond donors (Lipinski definition) is 2. The predicted octanol–water partition coefficient (Wildman–Crippen LogP) is 3.42. The highest BCUT2D eigenvalue weighted by Gasteiger charge is 2.16. The van der Waals surface area contributed by atoms with E-state index in [0.29, 0.717) is 23.7 Å². The van der Waals surface area contributed by atoms with Crippen LogP contribution < -0.4 is 11.1 Å². The quantitative estimate of drug-likeness (QED) is 0.529. The van der Waals surface area contributed by atoms with E-state index in [0.717, 1.165) is 17.7 Å². The Hall–Kier alpha value is -3.74. The second-order valence-electron chi connectivity index (χ2n) is 6.78. The SMILES string of the molecule is Nc1cn2c(NC(=O)Cc3ccc(F)cc3)c(CCc3ccccc3)nc2cn1. The number of aromatic nitrogens is 3. The number of imidazole rings is 1. The highest BCUT2D eigenvalue weighted by molar-refractivity contribution is 5.92. The second kappa shape index (κ2) is 8.10.